The van der Waals surface area contributed by atoms with Crippen molar-refractivity contribution in [2.75, 3.05) is 55.7 Å². The summed E-state index contributed by atoms with van der Waals surface area (Å²) in [5.74, 6) is -0.156. The highest BCUT2D eigenvalue weighted by Crippen LogP contribution is 2.37. The molecule has 0 aromatic carbocycles. The van der Waals surface area contributed by atoms with Gasteiger partial charge in [-0.1, -0.05) is 0 Å². The van der Waals surface area contributed by atoms with Crippen molar-refractivity contribution in [3.8, 4) is 0 Å². The third-order valence-electron chi connectivity index (χ3n) is 8.00. The fraction of sp³-hybridized carbons (Fsp3) is 0.708. The van der Waals surface area contributed by atoms with Crippen molar-refractivity contribution in [1.29, 1.82) is 0 Å². The van der Waals surface area contributed by atoms with Gasteiger partial charge in [0.2, 0.25) is 5.82 Å². The number of aromatic nitrogens is 4. The predicted octanol–water partition coefficient (Wildman–Crippen LogP) is 2.74. The van der Waals surface area contributed by atoms with Crippen LogP contribution in [0.25, 0.3) is 0 Å². The molecule has 36 heavy (non-hydrogen) atoms. The number of alkyl halides is 4. The van der Waals surface area contributed by atoms with Gasteiger partial charge in [-0.05, 0) is 32.3 Å². The Bertz CT molecular complexity index is 1050. The number of piperidine rings is 1. The number of hydrogen-bond donors (Lipinski definition) is 1. The van der Waals surface area contributed by atoms with E-state index in [4.69, 9.17) is 0 Å². The normalized spacial score (nSPS) is 26.4. The van der Waals surface area contributed by atoms with E-state index in [1.807, 2.05) is 41.6 Å². The SMILES string of the molecule is Cc1cnn(C)c1C1CCN(c2cc(N3C[C@@H](N4CCN[C@H](CF)C4)[C@H]3C)nc(C(F)(F)F)n2)CC1. The number of anilines is 2. The van der Waals surface area contributed by atoms with Crippen LogP contribution in [0, 0.1) is 6.92 Å². The second-order valence-electron chi connectivity index (χ2n) is 10.3. The van der Waals surface area contributed by atoms with Crippen LogP contribution in [0.1, 0.15) is 42.8 Å². The van der Waals surface area contributed by atoms with Crippen LogP contribution in [-0.2, 0) is 13.2 Å². The maximum Gasteiger partial charge on any atom is 0.451 e. The number of piperazine rings is 1. The van der Waals surface area contributed by atoms with Gasteiger partial charge in [-0.15, -0.1) is 0 Å². The van der Waals surface area contributed by atoms with E-state index in [-0.39, 0.29) is 18.1 Å². The molecule has 2 aromatic heterocycles. The van der Waals surface area contributed by atoms with Crippen LogP contribution >= 0.6 is 0 Å². The van der Waals surface area contributed by atoms with Crippen LogP contribution in [0.2, 0.25) is 0 Å². The molecule has 2 aromatic rings. The topological polar surface area (TPSA) is 65.4 Å². The summed E-state index contributed by atoms with van der Waals surface area (Å²) in [7, 11) is 1.93. The van der Waals surface area contributed by atoms with E-state index in [9.17, 15) is 17.6 Å². The minimum atomic E-state index is -4.63. The quantitative estimate of drug-likeness (QED) is 0.621. The zero-order valence-electron chi connectivity index (χ0n) is 21.0. The van der Waals surface area contributed by atoms with E-state index in [0.717, 1.165) is 24.9 Å². The number of nitrogens with zero attached hydrogens (tertiary/aromatic N) is 7. The summed E-state index contributed by atoms with van der Waals surface area (Å²) in [4.78, 5) is 13.9. The molecule has 3 aliphatic rings. The number of nitrogens with one attached hydrogen (secondary N) is 1. The molecular weight excluding hydrogens is 476 g/mol. The molecule has 0 amide bonds. The molecule has 8 nitrogen and oxygen atoms in total. The van der Waals surface area contributed by atoms with E-state index >= 15 is 0 Å². The average molecular weight is 511 g/mol. The Kier molecular flexibility index (Phi) is 6.84. The molecule has 3 aliphatic heterocycles. The lowest BCUT2D eigenvalue weighted by atomic mass is 9.91. The first-order chi connectivity index (χ1) is 17.2. The van der Waals surface area contributed by atoms with Gasteiger partial charge in [0.15, 0.2) is 0 Å². The lowest BCUT2D eigenvalue weighted by Crippen LogP contribution is -2.69. The fourth-order valence-corrected chi connectivity index (χ4v) is 5.95. The first kappa shape index (κ1) is 25.2. The van der Waals surface area contributed by atoms with Gasteiger partial charge in [0.1, 0.15) is 18.3 Å². The van der Waals surface area contributed by atoms with Crippen LogP contribution in [0.15, 0.2) is 12.3 Å². The zero-order chi connectivity index (χ0) is 25.6. The molecular formula is C24H34F4N8. The Morgan fingerprint density at radius 2 is 1.81 bits per heavy atom. The zero-order valence-corrected chi connectivity index (χ0v) is 21.0. The standard InChI is InChI=1S/C24H34F4N8/c1-15-12-30-33(3)22(15)17-4-7-34(8-5-17)20-10-21(32-23(31-20)24(26,27)28)36-14-19(16(36)2)35-9-6-29-18(11-25)13-35/h10,12,16-19,29H,4-9,11,13-14H2,1-3H3/t16-,18-,19-/m1/s1. The summed E-state index contributed by atoms with van der Waals surface area (Å²) in [6.07, 6.45) is -1.13. The van der Waals surface area contributed by atoms with Gasteiger partial charge < -0.3 is 15.1 Å². The first-order valence-electron chi connectivity index (χ1n) is 12.7. The molecule has 3 atom stereocenters. The monoisotopic (exact) mass is 510 g/mol. The number of aryl methyl sites for hydroxylation is 2. The summed E-state index contributed by atoms with van der Waals surface area (Å²) in [6, 6.07) is 1.64. The molecule has 3 fully saturated rings. The highest BCUT2D eigenvalue weighted by molar-refractivity contribution is 5.54. The van der Waals surface area contributed by atoms with Crippen molar-refractivity contribution in [2.45, 2.75) is 56.9 Å². The smallest absolute Gasteiger partial charge is 0.356 e. The molecule has 198 valence electrons. The van der Waals surface area contributed by atoms with E-state index in [1.54, 1.807) is 6.07 Å². The van der Waals surface area contributed by atoms with Crippen LogP contribution in [0.4, 0.5) is 29.2 Å². The minimum absolute atomic E-state index is 0.0225. The van der Waals surface area contributed by atoms with Crippen LogP contribution in [-0.4, -0.2) is 88.7 Å². The van der Waals surface area contributed by atoms with Crippen molar-refractivity contribution < 1.29 is 17.6 Å². The average Bonchev–Trinajstić information content (AvgIpc) is 3.20. The molecule has 0 bridgehead atoms. The van der Waals surface area contributed by atoms with Crippen molar-refractivity contribution in [2.24, 2.45) is 7.05 Å². The van der Waals surface area contributed by atoms with Gasteiger partial charge in [0, 0.05) is 82.1 Å². The fourth-order valence-electron chi connectivity index (χ4n) is 5.95. The van der Waals surface area contributed by atoms with E-state index < -0.39 is 18.7 Å². The number of rotatable bonds is 5. The third kappa shape index (κ3) is 4.77. The molecule has 0 spiro atoms. The Morgan fingerprint density at radius 1 is 1.08 bits per heavy atom. The number of halogens is 4. The van der Waals surface area contributed by atoms with Crippen molar-refractivity contribution >= 4 is 11.6 Å². The maximum atomic E-state index is 13.8. The summed E-state index contributed by atoms with van der Waals surface area (Å²) >= 11 is 0. The Labute approximate surface area is 208 Å². The Balaban J connectivity index is 1.32. The summed E-state index contributed by atoms with van der Waals surface area (Å²) in [5, 5.41) is 7.50. The van der Waals surface area contributed by atoms with Gasteiger partial charge in [-0.2, -0.15) is 18.3 Å². The molecule has 3 saturated heterocycles. The summed E-state index contributed by atoms with van der Waals surface area (Å²) in [6.45, 7) is 7.53. The molecule has 5 rings (SSSR count). The van der Waals surface area contributed by atoms with Crippen molar-refractivity contribution in [3.05, 3.63) is 29.3 Å². The second kappa shape index (κ2) is 9.77. The molecule has 0 unspecified atom stereocenters. The van der Waals surface area contributed by atoms with Gasteiger partial charge in [-0.3, -0.25) is 9.58 Å². The predicted molar refractivity (Wildman–Crippen MR) is 129 cm³/mol. The van der Waals surface area contributed by atoms with E-state index in [1.165, 1.54) is 5.69 Å². The van der Waals surface area contributed by atoms with Crippen molar-refractivity contribution in [1.82, 2.24) is 30.0 Å². The highest BCUT2D eigenvalue weighted by Gasteiger charge is 2.43. The largest absolute Gasteiger partial charge is 0.451 e. The van der Waals surface area contributed by atoms with Gasteiger partial charge in [-0.25, -0.2) is 14.4 Å². The lowest BCUT2D eigenvalue weighted by molar-refractivity contribution is -0.144. The third-order valence-corrected chi connectivity index (χ3v) is 8.00. The van der Waals surface area contributed by atoms with Crippen molar-refractivity contribution in [3.63, 3.8) is 0 Å². The van der Waals surface area contributed by atoms with Crippen LogP contribution in [0.3, 0.4) is 0 Å². The van der Waals surface area contributed by atoms with E-state index in [0.29, 0.717) is 50.3 Å². The number of hydrogen-bond acceptors (Lipinski definition) is 7. The summed E-state index contributed by atoms with van der Waals surface area (Å²) in [5.41, 5.74) is 2.33. The molecule has 1 N–H and O–H groups in total. The highest BCUT2D eigenvalue weighted by atomic mass is 19.4. The summed E-state index contributed by atoms with van der Waals surface area (Å²) < 4.78 is 56.3. The second-order valence-corrected chi connectivity index (χ2v) is 10.3. The molecule has 5 heterocycles. The minimum Gasteiger partial charge on any atom is -0.356 e. The maximum absolute atomic E-state index is 13.8. The molecule has 0 radical (unpaired) electrons. The Morgan fingerprint density at radius 3 is 2.42 bits per heavy atom. The molecule has 12 heteroatoms. The van der Waals surface area contributed by atoms with Crippen LogP contribution < -0.4 is 15.1 Å². The lowest BCUT2D eigenvalue weighted by Gasteiger charge is -2.53. The van der Waals surface area contributed by atoms with Gasteiger partial charge in [0.25, 0.3) is 0 Å². The van der Waals surface area contributed by atoms with Gasteiger partial charge in [0.05, 0.1) is 6.20 Å². The Hall–Kier alpha value is -2.47. The van der Waals surface area contributed by atoms with Crippen LogP contribution in [0.5, 0.6) is 0 Å². The van der Waals surface area contributed by atoms with Gasteiger partial charge >= 0.3 is 6.18 Å². The van der Waals surface area contributed by atoms with E-state index in [2.05, 4.69) is 25.3 Å². The molecule has 0 saturated carbocycles. The molecule has 0 aliphatic carbocycles. The first-order valence-corrected chi connectivity index (χ1v) is 12.7.